The summed E-state index contributed by atoms with van der Waals surface area (Å²) in [6.45, 7) is 2.01. The molecule has 0 saturated heterocycles. The van der Waals surface area contributed by atoms with Gasteiger partial charge >= 0.3 is 5.97 Å². The third-order valence-corrected chi connectivity index (χ3v) is 3.36. The fourth-order valence-corrected chi connectivity index (χ4v) is 2.27. The van der Waals surface area contributed by atoms with Crippen LogP contribution in [0.4, 0.5) is 0 Å². The Kier molecular flexibility index (Phi) is 4.88. The zero-order valence-electron chi connectivity index (χ0n) is 11.6. The van der Waals surface area contributed by atoms with Gasteiger partial charge < -0.3 is 5.11 Å². The maximum atomic E-state index is 11.2. The van der Waals surface area contributed by atoms with E-state index in [1.807, 2.05) is 49.4 Å². The third kappa shape index (κ3) is 3.67. The van der Waals surface area contributed by atoms with E-state index in [0.29, 0.717) is 12.8 Å². The Morgan fingerprint density at radius 3 is 2.50 bits per heavy atom. The first-order valence-corrected chi connectivity index (χ1v) is 6.94. The van der Waals surface area contributed by atoms with Crippen molar-refractivity contribution in [1.82, 2.24) is 4.98 Å². The zero-order chi connectivity index (χ0) is 14.4. The summed E-state index contributed by atoms with van der Waals surface area (Å²) in [6.07, 6.45) is 3.92. The van der Waals surface area contributed by atoms with Gasteiger partial charge in [0.2, 0.25) is 0 Å². The summed E-state index contributed by atoms with van der Waals surface area (Å²) in [4.78, 5) is 15.6. The van der Waals surface area contributed by atoms with Crippen molar-refractivity contribution in [3.05, 3.63) is 54.2 Å². The SMILES string of the molecule is CCCC(Cc1ccc(-c2ccccc2)nc1)C(=O)O. The van der Waals surface area contributed by atoms with Crippen LogP contribution in [0.5, 0.6) is 0 Å². The van der Waals surface area contributed by atoms with Crippen molar-refractivity contribution in [2.45, 2.75) is 26.2 Å². The molecular formula is C17H19NO2. The number of carboxylic acid groups (broad SMARTS) is 1. The molecule has 0 radical (unpaired) electrons. The summed E-state index contributed by atoms with van der Waals surface area (Å²) in [5.74, 6) is -1.04. The first-order chi connectivity index (χ1) is 9.70. The Morgan fingerprint density at radius 2 is 1.95 bits per heavy atom. The highest BCUT2D eigenvalue weighted by Gasteiger charge is 2.16. The molecule has 2 rings (SSSR count). The fourth-order valence-electron chi connectivity index (χ4n) is 2.27. The van der Waals surface area contributed by atoms with Crippen LogP contribution in [0, 0.1) is 5.92 Å². The number of aliphatic carboxylic acids is 1. The van der Waals surface area contributed by atoms with Gasteiger partial charge in [-0.1, -0.05) is 49.7 Å². The number of carboxylic acids is 1. The second kappa shape index (κ2) is 6.85. The molecule has 1 aromatic heterocycles. The van der Waals surface area contributed by atoms with E-state index in [1.54, 1.807) is 6.20 Å². The molecule has 0 aliphatic heterocycles. The summed E-state index contributed by atoms with van der Waals surface area (Å²) in [5.41, 5.74) is 2.96. The van der Waals surface area contributed by atoms with E-state index in [9.17, 15) is 9.90 Å². The molecule has 0 aliphatic carbocycles. The molecule has 0 fully saturated rings. The van der Waals surface area contributed by atoms with Crippen LogP contribution in [0.15, 0.2) is 48.7 Å². The Balaban J connectivity index is 2.10. The van der Waals surface area contributed by atoms with Crippen molar-refractivity contribution in [1.29, 1.82) is 0 Å². The number of hydrogen-bond donors (Lipinski definition) is 1. The van der Waals surface area contributed by atoms with E-state index >= 15 is 0 Å². The highest BCUT2D eigenvalue weighted by atomic mass is 16.4. The first-order valence-electron chi connectivity index (χ1n) is 6.94. The molecule has 0 amide bonds. The van der Waals surface area contributed by atoms with Crippen LogP contribution < -0.4 is 0 Å². The molecule has 3 nitrogen and oxygen atoms in total. The zero-order valence-corrected chi connectivity index (χ0v) is 11.6. The lowest BCUT2D eigenvalue weighted by molar-refractivity contribution is -0.141. The topological polar surface area (TPSA) is 50.2 Å². The van der Waals surface area contributed by atoms with Gasteiger partial charge in [-0.2, -0.15) is 0 Å². The predicted octanol–water partition coefficient (Wildman–Crippen LogP) is 3.79. The molecule has 104 valence electrons. The van der Waals surface area contributed by atoms with Crippen molar-refractivity contribution < 1.29 is 9.90 Å². The van der Waals surface area contributed by atoms with E-state index < -0.39 is 5.97 Å². The van der Waals surface area contributed by atoms with Gasteiger partial charge in [-0.05, 0) is 24.5 Å². The van der Waals surface area contributed by atoms with Crippen LogP contribution in [0.3, 0.4) is 0 Å². The van der Waals surface area contributed by atoms with Crippen LogP contribution in [0.25, 0.3) is 11.3 Å². The minimum atomic E-state index is -0.723. The molecule has 1 N–H and O–H groups in total. The molecule has 0 bridgehead atoms. The van der Waals surface area contributed by atoms with Crippen molar-refractivity contribution in [3.63, 3.8) is 0 Å². The lowest BCUT2D eigenvalue weighted by atomic mass is 9.96. The quantitative estimate of drug-likeness (QED) is 0.868. The molecule has 1 aromatic carbocycles. The molecule has 1 heterocycles. The Labute approximate surface area is 119 Å². The molecule has 1 unspecified atom stereocenters. The standard InChI is InChI=1S/C17H19NO2/c1-2-6-15(17(19)20)11-13-9-10-16(18-12-13)14-7-4-3-5-8-14/h3-5,7-10,12,15H,2,6,11H2,1H3,(H,19,20). The average molecular weight is 269 g/mol. The van der Waals surface area contributed by atoms with Gasteiger partial charge in [0.25, 0.3) is 0 Å². The molecule has 20 heavy (non-hydrogen) atoms. The molecular weight excluding hydrogens is 250 g/mol. The Morgan fingerprint density at radius 1 is 1.20 bits per heavy atom. The molecule has 0 aliphatic rings. The minimum absolute atomic E-state index is 0.315. The first kappa shape index (κ1) is 14.3. The maximum Gasteiger partial charge on any atom is 0.306 e. The van der Waals surface area contributed by atoms with Gasteiger partial charge in [0, 0.05) is 11.8 Å². The lowest BCUT2D eigenvalue weighted by Crippen LogP contribution is -2.16. The smallest absolute Gasteiger partial charge is 0.306 e. The number of aromatic nitrogens is 1. The van der Waals surface area contributed by atoms with Crippen LogP contribution in [-0.2, 0) is 11.2 Å². The number of hydrogen-bond acceptors (Lipinski definition) is 2. The van der Waals surface area contributed by atoms with E-state index in [1.165, 1.54) is 0 Å². The van der Waals surface area contributed by atoms with E-state index in [4.69, 9.17) is 0 Å². The number of nitrogens with zero attached hydrogens (tertiary/aromatic N) is 1. The van der Waals surface area contributed by atoms with E-state index in [-0.39, 0.29) is 5.92 Å². The van der Waals surface area contributed by atoms with Gasteiger partial charge in [0.1, 0.15) is 0 Å². The Bertz CT molecular complexity index is 549. The fraction of sp³-hybridized carbons (Fsp3) is 0.294. The van der Waals surface area contributed by atoms with Crippen molar-refractivity contribution in [2.24, 2.45) is 5.92 Å². The number of pyridine rings is 1. The van der Waals surface area contributed by atoms with Crippen molar-refractivity contribution >= 4 is 5.97 Å². The summed E-state index contributed by atoms with van der Waals surface area (Å²) >= 11 is 0. The summed E-state index contributed by atoms with van der Waals surface area (Å²) in [5, 5.41) is 9.18. The van der Waals surface area contributed by atoms with Crippen molar-refractivity contribution in [3.8, 4) is 11.3 Å². The van der Waals surface area contributed by atoms with Gasteiger partial charge in [-0.15, -0.1) is 0 Å². The summed E-state index contributed by atoms with van der Waals surface area (Å²) in [6, 6.07) is 13.9. The number of rotatable bonds is 6. The maximum absolute atomic E-state index is 11.2. The normalized spacial score (nSPS) is 12.1. The largest absolute Gasteiger partial charge is 0.481 e. The van der Waals surface area contributed by atoms with Crippen LogP contribution in [0.1, 0.15) is 25.3 Å². The monoisotopic (exact) mass is 269 g/mol. The van der Waals surface area contributed by atoms with Crippen LogP contribution in [0.2, 0.25) is 0 Å². The van der Waals surface area contributed by atoms with Gasteiger partial charge in [-0.25, -0.2) is 0 Å². The second-order valence-electron chi connectivity index (χ2n) is 4.95. The van der Waals surface area contributed by atoms with Crippen molar-refractivity contribution in [2.75, 3.05) is 0 Å². The lowest BCUT2D eigenvalue weighted by Gasteiger charge is -2.11. The predicted molar refractivity (Wildman–Crippen MR) is 79.4 cm³/mol. The van der Waals surface area contributed by atoms with Crippen LogP contribution >= 0.6 is 0 Å². The molecule has 1 atom stereocenters. The Hall–Kier alpha value is -2.16. The van der Waals surface area contributed by atoms with Gasteiger partial charge in [0.05, 0.1) is 11.6 Å². The van der Waals surface area contributed by atoms with Gasteiger partial charge in [0.15, 0.2) is 0 Å². The van der Waals surface area contributed by atoms with Crippen LogP contribution in [-0.4, -0.2) is 16.1 Å². The molecule has 3 heteroatoms. The average Bonchev–Trinajstić information content (AvgIpc) is 2.48. The minimum Gasteiger partial charge on any atom is -0.481 e. The third-order valence-electron chi connectivity index (χ3n) is 3.36. The van der Waals surface area contributed by atoms with Gasteiger partial charge in [-0.3, -0.25) is 9.78 Å². The molecule has 0 spiro atoms. The molecule has 2 aromatic rings. The van der Waals surface area contributed by atoms with E-state index in [0.717, 1.165) is 23.2 Å². The number of benzene rings is 1. The summed E-state index contributed by atoms with van der Waals surface area (Å²) < 4.78 is 0. The number of carbonyl (C=O) groups is 1. The molecule has 0 saturated carbocycles. The highest BCUT2D eigenvalue weighted by Crippen LogP contribution is 2.19. The summed E-state index contributed by atoms with van der Waals surface area (Å²) in [7, 11) is 0. The second-order valence-corrected chi connectivity index (χ2v) is 4.95. The highest BCUT2D eigenvalue weighted by molar-refractivity contribution is 5.70. The van der Waals surface area contributed by atoms with E-state index in [2.05, 4.69) is 4.98 Å².